The van der Waals surface area contributed by atoms with E-state index in [-0.39, 0.29) is 16.9 Å². The SMILES string of the molecule is CC(C)(C)CC(C)(C)NC(=O)c1ccc2c(c1)NCC2. The Balaban J connectivity index is 2.08. The van der Waals surface area contributed by atoms with Crippen LogP contribution >= 0.6 is 0 Å². The second kappa shape index (κ2) is 5.12. The first-order chi connectivity index (χ1) is 9.16. The van der Waals surface area contributed by atoms with E-state index in [2.05, 4.69) is 51.3 Å². The molecule has 1 aliphatic heterocycles. The van der Waals surface area contributed by atoms with Crippen molar-refractivity contribution in [1.29, 1.82) is 0 Å². The monoisotopic (exact) mass is 274 g/mol. The van der Waals surface area contributed by atoms with E-state index in [1.165, 1.54) is 5.56 Å². The molecule has 0 saturated heterocycles. The van der Waals surface area contributed by atoms with Crippen LogP contribution in [0.2, 0.25) is 0 Å². The molecule has 0 unspecified atom stereocenters. The third-order valence-electron chi connectivity index (χ3n) is 3.51. The fraction of sp³-hybridized carbons (Fsp3) is 0.588. The summed E-state index contributed by atoms with van der Waals surface area (Å²) < 4.78 is 0. The fourth-order valence-corrected chi connectivity index (χ4v) is 3.18. The number of carbonyl (C=O) groups excluding carboxylic acids is 1. The fourth-order valence-electron chi connectivity index (χ4n) is 3.18. The van der Waals surface area contributed by atoms with Gasteiger partial charge >= 0.3 is 0 Å². The number of anilines is 1. The van der Waals surface area contributed by atoms with E-state index in [4.69, 9.17) is 0 Å². The Morgan fingerprint density at radius 1 is 1.25 bits per heavy atom. The van der Waals surface area contributed by atoms with Crippen molar-refractivity contribution in [1.82, 2.24) is 5.32 Å². The highest BCUT2D eigenvalue weighted by molar-refractivity contribution is 5.96. The molecule has 1 aromatic carbocycles. The second-order valence-corrected chi connectivity index (χ2v) is 7.62. The van der Waals surface area contributed by atoms with Crippen LogP contribution in [0.1, 0.15) is 57.0 Å². The summed E-state index contributed by atoms with van der Waals surface area (Å²) in [7, 11) is 0. The molecule has 3 heteroatoms. The molecule has 2 rings (SSSR count). The summed E-state index contributed by atoms with van der Waals surface area (Å²) in [6, 6.07) is 5.94. The van der Waals surface area contributed by atoms with Gasteiger partial charge in [-0.15, -0.1) is 0 Å². The molecule has 0 spiro atoms. The molecule has 1 amide bonds. The normalized spacial score (nSPS) is 14.7. The van der Waals surface area contributed by atoms with Gasteiger partial charge in [0, 0.05) is 23.3 Å². The van der Waals surface area contributed by atoms with Gasteiger partial charge in [-0.25, -0.2) is 0 Å². The van der Waals surface area contributed by atoms with E-state index < -0.39 is 0 Å². The van der Waals surface area contributed by atoms with Crippen LogP contribution in [-0.2, 0) is 6.42 Å². The number of amides is 1. The van der Waals surface area contributed by atoms with Crippen LogP contribution in [0.3, 0.4) is 0 Å². The molecule has 0 saturated carbocycles. The van der Waals surface area contributed by atoms with E-state index in [0.29, 0.717) is 0 Å². The van der Waals surface area contributed by atoms with Gasteiger partial charge in [0.25, 0.3) is 5.91 Å². The lowest BCUT2D eigenvalue weighted by atomic mass is 9.81. The molecule has 0 aromatic heterocycles. The van der Waals surface area contributed by atoms with Crippen molar-refractivity contribution >= 4 is 11.6 Å². The zero-order chi connectivity index (χ0) is 15.0. The third kappa shape index (κ3) is 3.75. The van der Waals surface area contributed by atoms with E-state index >= 15 is 0 Å². The quantitative estimate of drug-likeness (QED) is 0.884. The average Bonchev–Trinajstić information content (AvgIpc) is 2.71. The highest BCUT2D eigenvalue weighted by Crippen LogP contribution is 2.28. The summed E-state index contributed by atoms with van der Waals surface area (Å²) >= 11 is 0. The molecule has 2 N–H and O–H groups in total. The number of fused-ring (bicyclic) bond motifs is 1. The zero-order valence-corrected chi connectivity index (χ0v) is 13.3. The van der Waals surface area contributed by atoms with Gasteiger partial charge in [-0.05, 0) is 49.8 Å². The van der Waals surface area contributed by atoms with E-state index in [1.54, 1.807) is 0 Å². The maximum Gasteiger partial charge on any atom is 0.251 e. The van der Waals surface area contributed by atoms with Gasteiger partial charge in [0.05, 0.1) is 0 Å². The van der Waals surface area contributed by atoms with Gasteiger partial charge in [0.1, 0.15) is 0 Å². The molecule has 110 valence electrons. The number of hydrogen-bond acceptors (Lipinski definition) is 2. The van der Waals surface area contributed by atoms with Crippen molar-refractivity contribution in [3.05, 3.63) is 29.3 Å². The Morgan fingerprint density at radius 2 is 1.95 bits per heavy atom. The van der Waals surface area contributed by atoms with E-state index in [9.17, 15) is 4.79 Å². The predicted octanol–water partition coefficient (Wildman–Crippen LogP) is 3.60. The largest absolute Gasteiger partial charge is 0.384 e. The predicted molar refractivity (Wildman–Crippen MR) is 84.3 cm³/mol. The topological polar surface area (TPSA) is 41.1 Å². The number of nitrogens with one attached hydrogen (secondary N) is 2. The van der Waals surface area contributed by atoms with Crippen molar-refractivity contribution in [3.63, 3.8) is 0 Å². The second-order valence-electron chi connectivity index (χ2n) is 7.62. The minimum Gasteiger partial charge on any atom is -0.384 e. The zero-order valence-electron chi connectivity index (χ0n) is 13.3. The van der Waals surface area contributed by atoms with Crippen LogP contribution in [-0.4, -0.2) is 18.0 Å². The maximum atomic E-state index is 12.4. The lowest BCUT2D eigenvalue weighted by Gasteiger charge is -2.33. The molecule has 3 nitrogen and oxygen atoms in total. The van der Waals surface area contributed by atoms with Crippen LogP contribution in [0.15, 0.2) is 18.2 Å². The smallest absolute Gasteiger partial charge is 0.251 e. The lowest BCUT2D eigenvalue weighted by Crippen LogP contribution is -2.45. The molecule has 0 radical (unpaired) electrons. The Kier molecular flexibility index (Phi) is 3.81. The van der Waals surface area contributed by atoms with Crippen molar-refractivity contribution < 1.29 is 4.79 Å². The standard InChI is InChI=1S/C17H26N2O/c1-16(2,3)11-17(4,5)19-15(20)13-7-6-12-8-9-18-14(12)10-13/h6-7,10,18H,8-9,11H2,1-5H3,(H,19,20). The summed E-state index contributed by atoms with van der Waals surface area (Å²) in [5.41, 5.74) is 3.12. The summed E-state index contributed by atoms with van der Waals surface area (Å²) in [5, 5.41) is 6.47. The average molecular weight is 274 g/mol. The Morgan fingerprint density at radius 3 is 2.60 bits per heavy atom. The van der Waals surface area contributed by atoms with Gasteiger partial charge in [-0.3, -0.25) is 4.79 Å². The first-order valence-electron chi connectivity index (χ1n) is 7.36. The van der Waals surface area contributed by atoms with Crippen molar-refractivity contribution in [2.75, 3.05) is 11.9 Å². The molecular formula is C17H26N2O. The van der Waals surface area contributed by atoms with Crippen molar-refractivity contribution in [2.24, 2.45) is 5.41 Å². The third-order valence-corrected chi connectivity index (χ3v) is 3.51. The molecule has 0 bridgehead atoms. The number of carbonyl (C=O) groups is 1. The Bertz CT molecular complexity index is 512. The lowest BCUT2D eigenvalue weighted by molar-refractivity contribution is 0.0891. The van der Waals surface area contributed by atoms with Gasteiger partial charge in [0.2, 0.25) is 0 Å². The highest BCUT2D eigenvalue weighted by atomic mass is 16.1. The van der Waals surface area contributed by atoms with Crippen LogP contribution < -0.4 is 10.6 Å². The van der Waals surface area contributed by atoms with Crippen LogP contribution in [0.4, 0.5) is 5.69 Å². The molecule has 0 fully saturated rings. The van der Waals surface area contributed by atoms with Crippen LogP contribution in [0.5, 0.6) is 0 Å². The van der Waals surface area contributed by atoms with E-state index in [0.717, 1.165) is 30.6 Å². The number of benzene rings is 1. The van der Waals surface area contributed by atoms with Gasteiger partial charge < -0.3 is 10.6 Å². The minimum absolute atomic E-state index is 0.00995. The van der Waals surface area contributed by atoms with Gasteiger partial charge in [-0.2, -0.15) is 0 Å². The van der Waals surface area contributed by atoms with Gasteiger partial charge in [-0.1, -0.05) is 26.8 Å². The molecule has 0 aliphatic carbocycles. The molecule has 1 aromatic rings. The first kappa shape index (κ1) is 14.9. The Labute approximate surface area is 122 Å². The highest BCUT2D eigenvalue weighted by Gasteiger charge is 2.27. The summed E-state index contributed by atoms with van der Waals surface area (Å²) in [6.07, 6.45) is 1.99. The Hall–Kier alpha value is -1.51. The summed E-state index contributed by atoms with van der Waals surface area (Å²) in [6.45, 7) is 11.7. The van der Waals surface area contributed by atoms with Crippen molar-refractivity contribution in [2.45, 2.75) is 53.0 Å². The van der Waals surface area contributed by atoms with E-state index in [1.807, 2.05) is 12.1 Å². The van der Waals surface area contributed by atoms with Crippen LogP contribution in [0.25, 0.3) is 0 Å². The first-order valence-corrected chi connectivity index (χ1v) is 7.36. The number of rotatable bonds is 3. The number of hydrogen-bond donors (Lipinski definition) is 2. The molecule has 1 aliphatic rings. The van der Waals surface area contributed by atoms with Crippen molar-refractivity contribution in [3.8, 4) is 0 Å². The molecule has 1 heterocycles. The molecule has 20 heavy (non-hydrogen) atoms. The maximum absolute atomic E-state index is 12.4. The van der Waals surface area contributed by atoms with Gasteiger partial charge in [0.15, 0.2) is 0 Å². The molecule has 0 atom stereocenters. The minimum atomic E-state index is -0.207. The summed E-state index contributed by atoms with van der Waals surface area (Å²) in [4.78, 5) is 12.4. The van der Waals surface area contributed by atoms with Crippen LogP contribution in [0, 0.1) is 5.41 Å². The summed E-state index contributed by atoms with van der Waals surface area (Å²) in [5.74, 6) is 0.00995. The molecular weight excluding hydrogens is 248 g/mol.